The van der Waals surface area contributed by atoms with Crippen molar-refractivity contribution in [1.29, 1.82) is 0 Å². The second-order valence-electron chi connectivity index (χ2n) is 2.77. The van der Waals surface area contributed by atoms with Gasteiger partial charge in [-0.2, -0.15) is 13.2 Å². The van der Waals surface area contributed by atoms with Crippen LogP contribution in [0.1, 0.15) is 15.9 Å². The van der Waals surface area contributed by atoms with E-state index in [0.717, 1.165) is 0 Å². The Morgan fingerprint density at radius 3 is 2.25 bits per heavy atom. The van der Waals surface area contributed by atoms with Gasteiger partial charge in [-0.3, -0.25) is 10.1 Å². The molecule has 86 valence electrons. The molecule has 0 aliphatic carbocycles. The second kappa shape index (κ2) is 3.80. The minimum absolute atomic E-state index is 0.318. The van der Waals surface area contributed by atoms with Gasteiger partial charge >= 0.3 is 6.18 Å². The Kier molecular flexibility index (Phi) is 2.84. The molecule has 0 amide bonds. The number of nitrogens with zero attached hydrogens (tertiary/aromatic N) is 1. The van der Waals surface area contributed by atoms with E-state index in [1.807, 2.05) is 0 Å². The van der Waals surface area contributed by atoms with Crippen molar-refractivity contribution in [1.82, 2.24) is 0 Å². The van der Waals surface area contributed by atoms with Crippen molar-refractivity contribution in [2.75, 3.05) is 0 Å². The molecular weight excluding hydrogens is 231 g/mol. The van der Waals surface area contributed by atoms with Gasteiger partial charge < -0.3 is 9.90 Å². The Morgan fingerprint density at radius 1 is 1.31 bits per heavy atom. The molecule has 1 rings (SSSR count). The molecular formula is C8H3F3NO4-. The number of alkyl halides is 3. The van der Waals surface area contributed by atoms with E-state index in [0.29, 0.717) is 18.2 Å². The Morgan fingerprint density at radius 2 is 1.88 bits per heavy atom. The van der Waals surface area contributed by atoms with Gasteiger partial charge in [0.2, 0.25) is 0 Å². The highest BCUT2D eigenvalue weighted by Gasteiger charge is 2.34. The number of carboxylic acids is 1. The molecule has 0 unspecified atom stereocenters. The van der Waals surface area contributed by atoms with Gasteiger partial charge in [-0.1, -0.05) is 0 Å². The second-order valence-corrected chi connectivity index (χ2v) is 2.77. The Labute approximate surface area is 86.3 Å². The zero-order valence-electron chi connectivity index (χ0n) is 7.45. The predicted molar refractivity (Wildman–Crippen MR) is 42.4 cm³/mol. The fraction of sp³-hybridized carbons (Fsp3) is 0.125. The maximum Gasteiger partial charge on any atom is 0.417 e. The Hall–Kier alpha value is -2.12. The summed E-state index contributed by atoms with van der Waals surface area (Å²) < 4.78 is 36.8. The Bertz CT molecular complexity index is 455. The molecule has 5 nitrogen and oxygen atoms in total. The fourth-order valence-corrected chi connectivity index (χ4v) is 1.06. The van der Waals surface area contributed by atoms with Crippen LogP contribution in [0.5, 0.6) is 0 Å². The number of nitro groups is 1. The van der Waals surface area contributed by atoms with Crippen LogP contribution in [-0.4, -0.2) is 10.9 Å². The zero-order chi connectivity index (χ0) is 12.5. The van der Waals surface area contributed by atoms with Gasteiger partial charge in [0.25, 0.3) is 5.69 Å². The first-order valence-corrected chi connectivity index (χ1v) is 3.80. The minimum Gasteiger partial charge on any atom is -0.545 e. The van der Waals surface area contributed by atoms with Crippen LogP contribution in [0.25, 0.3) is 0 Å². The molecule has 16 heavy (non-hydrogen) atoms. The Balaban J connectivity index is 3.43. The maximum absolute atomic E-state index is 12.3. The molecule has 0 heterocycles. The summed E-state index contributed by atoms with van der Waals surface area (Å²) in [5, 5.41) is 20.7. The highest BCUT2D eigenvalue weighted by atomic mass is 19.4. The van der Waals surface area contributed by atoms with Crippen molar-refractivity contribution in [2.24, 2.45) is 0 Å². The first-order valence-electron chi connectivity index (χ1n) is 3.80. The van der Waals surface area contributed by atoms with E-state index in [1.54, 1.807) is 0 Å². The third-order valence-corrected chi connectivity index (χ3v) is 1.74. The summed E-state index contributed by atoms with van der Waals surface area (Å²) in [4.78, 5) is 19.7. The summed E-state index contributed by atoms with van der Waals surface area (Å²) in [6.07, 6.45) is -4.90. The van der Waals surface area contributed by atoms with Crippen LogP contribution in [0.15, 0.2) is 18.2 Å². The molecule has 0 saturated carbocycles. The van der Waals surface area contributed by atoms with E-state index in [2.05, 4.69) is 0 Å². The molecule has 0 atom stereocenters. The number of nitro benzene ring substituents is 1. The van der Waals surface area contributed by atoms with Crippen molar-refractivity contribution in [3.05, 3.63) is 39.4 Å². The van der Waals surface area contributed by atoms with Crippen molar-refractivity contribution in [3.63, 3.8) is 0 Å². The van der Waals surface area contributed by atoms with Crippen LogP contribution in [0.4, 0.5) is 18.9 Å². The van der Waals surface area contributed by atoms with E-state index in [-0.39, 0.29) is 0 Å². The molecule has 0 radical (unpaired) electrons. The van der Waals surface area contributed by atoms with Crippen molar-refractivity contribution >= 4 is 11.7 Å². The van der Waals surface area contributed by atoms with E-state index < -0.39 is 33.9 Å². The van der Waals surface area contributed by atoms with E-state index >= 15 is 0 Å². The number of hydrogen-bond donors (Lipinski definition) is 0. The van der Waals surface area contributed by atoms with E-state index in [4.69, 9.17) is 0 Å². The molecule has 0 N–H and O–H groups in total. The number of benzene rings is 1. The van der Waals surface area contributed by atoms with Crippen molar-refractivity contribution in [3.8, 4) is 0 Å². The van der Waals surface area contributed by atoms with Gasteiger partial charge in [0.05, 0.1) is 16.5 Å². The largest absolute Gasteiger partial charge is 0.545 e. The fourth-order valence-electron chi connectivity index (χ4n) is 1.06. The predicted octanol–water partition coefficient (Wildman–Crippen LogP) is 0.977. The molecule has 1 aromatic rings. The number of rotatable bonds is 2. The molecule has 0 aromatic heterocycles. The van der Waals surface area contributed by atoms with Crippen LogP contribution in [0.2, 0.25) is 0 Å². The lowest BCUT2D eigenvalue weighted by Crippen LogP contribution is -2.26. The molecule has 0 aliphatic rings. The monoisotopic (exact) mass is 234 g/mol. The minimum atomic E-state index is -4.90. The first-order chi connectivity index (χ1) is 7.23. The number of halogens is 3. The first kappa shape index (κ1) is 12.0. The van der Waals surface area contributed by atoms with Crippen LogP contribution < -0.4 is 5.11 Å². The van der Waals surface area contributed by atoms with Gasteiger partial charge in [-0.25, -0.2) is 0 Å². The zero-order valence-corrected chi connectivity index (χ0v) is 7.45. The molecule has 0 spiro atoms. The van der Waals surface area contributed by atoms with Gasteiger partial charge in [0.1, 0.15) is 0 Å². The van der Waals surface area contributed by atoms with E-state index in [9.17, 15) is 33.2 Å². The highest BCUT2D eigenvalue weighted by Crippen LogP contribution is 2.33. The highest BCUT2D eigenvalue weighted by molar-refractivity contribution is 5.88. The number of carbonyl (C=O) groups excluding carboxylic acids is 1. The lowest BCUT2D eigenvalue weighted by molar-refractivity contribution is -0.385. The maximum atomic E-state index is 12.3. The number of carbonyl (C=O) groups is 1. The van der Waals surface area contributed by atoms with Crippen molar-refractivity contribution in [2.45, 2.75) is 6.18 Å². The number of aromatic carboxylic acids is 1. The third-order valence-electron chi connectivity index (χ3n) is 1.74. The standard InChI is InChI=1S/C8H4F3NO4/c9-8(10,11)6-2-1-4(12(15)16)3-5(6)7(13)14/h1-3H,(H,13,14)/p-1. The summed E-state index contributed by atoms with van der Waals surface area (Å²) in [7, 11) is 0. The number of hydrogen-bond acceptors (Lipinski definition) is 4. The average Bonchev–Trinajstić information content (AvgIpc) is 2.15. The van der Waals surface area contributed by atoms with Gasteiger partial charge in [-0.05, 0) is 6.07 Å². The van der Waals surface area contributed by atoms with Crippen LogP contribution in [0, 0.1) is 10.1 Å². The van der Waals surface area contributed by atoms with Gasteiger partial charge in [-0.15, -0.1) is 0 Å². The lowest BCUT2D eigenvalue weighted by atomic mass is 10.1. The smallest absolute Gasteiger partial charge is 0.417 e. The number of carboxylic acid groups (broad SMARTS) is 1. The lowest BCUT2D eigenvalue weighted by Gasteiger charge is -2.12. The summed E-state index contributed by atoms with van der Waals surface area (Å²) in [5.41, 5.74) is -3.47. The SMILES string of the molecule is O=C([O-])c1cc([N+](=O)[O-])ccc1C(F)(F)F. The van der Waals surface area contributed by atoms with Crippen molar-refractivity contribution < 1.29 is 28.0 Å². The quantitative estimate of drug-likeness (QED) is 0.563. The molecule has 0 saturated heterocycles. The summed E-state index contributed by atoms with van der Waals surface area (Å²) in [6, 6.07) is 1.23. The third kappa shape index (κ3) is 2.27. The average molecular weight is 234 g/mol. The topological polar surface area (TPSA) is 83.3 Å². The molecule has 0 fully saturated rings. The number of non-ortho nitro benzene ring substituents is 1. The van der Waals surface area contributed by atoms with Gasteiger partial charge in [0, 0.05) is 17.7 Å². The van der Waals surface area contributed by atoms with Crippen LogP contribution in [-0.2, 0) is 6.18 Å². The summed E-state index contributed by atoms with van der Waals surface area (Å²) in [5.74, 6) is -2.11. The normalized spacial score (nSPS) is 11.2. The summed E-state index contributed by atoms with van der Waals surface area (Å²) in [6.45, 7) is 0. The molecule has 0 bridgehead atoms. The van der Waals surface area contributed by atoms with E-state index in [1.165, 1.54) is 0 Å². The van der Waals surface area contributed by atoms with Crippen LogP contribution in [0.3, 0.4) is 0 Å². The van der Waals surface area contributed by atoms with Gasteiger partial charge in [0.15, 0.2) is 0 Å². The molecule has 8 heteroatoms. The summed E-state index contributed by atoms with van der Waals surface area (Å²) >= 11 is 0. The molecule has 0 aliphatic heterocycles. The molecule has 1 aromatic carbocycles. The van der Waals surface area contributed by atoms with Crippen LogP contribution >= 0.6 is 0 Å².